The van der Waals surface area contributed by atoms with Crippen molar-refractivity contribution in [2.75, 3.05) is 19.0 Å². The highest BCUT2D eigenvalue weighted by molar-refractivity contribution is 7.23. The number of benzene rings is 2. The lowest BCUT2D eigenvalue weighted by Gasteiger charge is -2.22. The first-order chi connectivity index (χ1) is 25.7. The zero-order chi connectivity index (χ0) is 36.2. The van der Waals surface area contributed by atoms with Crippen LogP contribution in [0.5, 0.6) is 5.75 Å². The quantitative estimate of drug-likeness (QED) is 0.172. The SMILES string of the molecule is COc1cccc2c1CC(F)(F)[C@@H]2Nc1nccc2cc(-c3c4c(nc(C[C@@H]5CCc6cc(Cl)ccc65)c3-c3nnc(C)o3)C3CCCN3C4=O)sc12. The van der Waals surface area contributed by atoms with Crippen LogP contribution in [0.4, 0.5) is 14.6 Å². The van der Waals surface area contributed by atoms with Crippen LogP contribution >= 0.6 is 22.9 Å². The van der Waals surface area contributed by atoms with Gasteiger partial charge in [0.15, 0.2) is 0 Å². The molecule has 0 bridgehead atoms. The van der Waals surface area contributed by atoms with Crippen LogP contribution in [-0.2, 0) is 19.3 Å². The van der Waals surface area contributed by atoms with E-state index in [1.807, 2.05) is 29.2 Å². The molecule has 53 heavy (non-hydrogen) atoms. The highest BCUT2D eigenvalue weighted by Crippen LogP contribution is 2.53. The van der Waals surface area contributed by atoms with Crippen molar-refractivity contribution < 1.29 is 22.7 Å². The average Bonchev–Trinajstić information content (AvgIpc) is 3.99. The molecular formula is C40H33ClF2N6O3S. The van der Waals surface area contributed by atoms with E-state index in [1.165, 1.54) is 29.6 Å². The Morgan fingerprint density at radius 2 is 1.98 bits per heavy atom. The summed E-state index contributed by atoms with van der Waals surface area (Å²) in [5.74, 6) is -1.50. The van der Waals surface area contributed by atoms with Gasteiger partial charge in [0, 0.05) is 47.1 Å². The summed E-state index contributed by atoms with van der Waals surface area (Å²) >= 11 is 7.78. The Hall–Kier alpha value is -4.94. The minimum absolute atomic E-state index is 0.0695. The molecule has 0 spiro atoms. The molecule has 268 valence electrons. The standard InChI is InChI=1S/C40H33ClF2N6O3S/c1-19-47-48-38(52-19)31-27(16-21-9-8-20-15-23(41)10-11-24(20)21)45-34-28-6-4-14-49(28)39(50)33(34)32(31)30-17-22-12-13-44-37(35(22)53-30)46-36-25-5-3-7-29(51-2)26(25)18-40(36,42)43/h3,5,7,10-13,15,17,21,28,36H,4,6,8-9,14,16,18H2,1-2H3,(H,44,46)/t21-,28?,36+/m0/s1. The molecule has 2 aromatic carbocycles. The molecule has 1 unspecified atom stereocenters. The third-order valence-corrected chi connectivity index (χ3v) is 12.7. The zero-order valence-electron chi connectivity index (χ0n) is 28.9. The van der Waals surface area contributed by atoms with Crippen LogP contribution in [0.25, 0.3) is 32.0 Å². The first kappa shape index (κ1) is 32.7. The maximum absolute atomic E-state index is 15.7. The minimum atomic E-state index is -3.08. The van der Waals surface area contributed by atoms with Crippen molar-refractivity contribution in [3.63, 3.8) is 0 Å². The van der Waals surface area contributed by atoms with Gasteiger partial charge in [-0.1, -0.05) is 29.8 Å². The molecule has 1 saturated heterocycles. The molecule has 10 rings (SSSR count). The number of thiophene rings is 1. The molecule has 9 nitrogen and oxygen atoms in total. The number of nitrogens with one attached hydrogen (secondary N) is 1. The van der Waals surface area contributed by atoms with Crippen molar-refractivity contribution in [1.29, 1.82) is 0 Å². The molecule has 1 fully saturated rings. The lowest BCUT2D eigenvalue weighted by molar-refractivity contribution is -0.00734. The van der Waals surface area contributed by atoms with E-state index < -0.39 is 18.4 Å². The van der Waals surface area contributed by atoms with Crippen molar-refractivity contribution >= 4 is 44.7 Å². The van der Waals surface area contributed by atoms with Gasteiger partial charge >= 0.3 is 0 Å². The van der Waals surface area contributed by atoms with E-state index in [-0.39, 0.29) is 17.9 Å². The predicted octanol–water partition coefficient (Wildman–Crippen LogP) is 9.29. The normalized spacial score (nSPS) is 20.9. The van der Waals surface area contributed by atoms with Gasteiger partial charge in [-0.25, -0.2) is 13.8 Å². The van der Waals surface area contributed by atoms with Gasteiger partial charge in [0.05, 0.1) is 40.4 Å². The van der Waals surface area contributed by atoms with Crippen LogP contribution < -0.4 is 10.1 Å². The number of carbonyl (C=O) groups is 1. The average molecular weight is 751 g/mol. The van der Waals surface area contributed by atoms with Gasteiger partial charge in [-0.3, -0.25) is 9.78 Å². The molecule has 6 heterocycles. The summed E-state index contributed by atoms with van der Waals surface area (Å²) in [6.45, 7) is 2.40. The van der Waals surface area contributed by atoms with E-state index in [0.717, 1.165) is 52.4 Å². The van der Waals surface area contributed by atoms with Crippen LogP contribution in [0.15, 0.2) is 59.1 Å². The number of aromatic nitrogens is 4. The van der Waals surface area contributed by atoms with E-state index in [0.29, 0.717) is 68.8 Å². The highest BCUT2D eigenvalue weighted by Gasteiger charge is 2.49. The van der Waals surface area contributed by atoms with Gasteiger partial charge in [-0.05, 0) is 90.4 Å². The Kier molecular flexibility index (Phi) is 7.43. The molecular weight excluding hydrogens is 718 g/mol. The van der Waals surface area contributed by atoms with Crippen molar-refractivity contribution in [2.24, 2.45) is 0 Å². The van der Waals surface area contributed by atoms with E-state index >= 15 is 8.78 Å². The minimum Gasteiger partial charge on any atom is -0.496 e. The van der Waals surface area contributed by atoms with Crippen molar-refractivity contribution in [2.45, 2.75) is 69.4 Å². The number of methoxy groups -OCH3 is 1. The molecule has 2 aliphatic heterocycles. The maximum Gasteiger partial charge on any atom is 0.276 e. The molecule has 6 aromatic rings. The molecule has 4 aliphatic rings. The van der Waals surface area contributed by atoms with Gasteiger partial charge in [-0.15, -0.1) is 21.5 Å². The fraction of sp³-hybridized carbons (Fsp3) is 0.325. The summed E-state index contributed by atoms with van der Waals surface area (Å²) in [6.07, 6.45) is 5.38. The van der Waals surface area contributed by atoms with Gasteiger partial charge < -0.3 is 19.4 Å². The summed E-state index contributed by atoms with van der Waals surface area (Å²) in [7, 11) is 1.49. The molecule has 0 radical (unpaired) electrons. The van der Waals surface area contributed by atoms with Crippen molar-refractivity contribution in [3.8, 4) is 27.6 Å². The smallest absolute Gasteiger partial charge is 0.276 e. The summed E-state index contributed by atoms with van der Waals surface area (Å²) < 4.78 is 43.7. The largest absolute Gasteiger partial charge is 0.496 e. The Bertz CT molecular complexity index is 2500. The summed E-state index contributed by atoms with van der Waals surface area (Å²) in [4.78, 5) is 27.0. The van der Waals surface area contributed by atoms with Crippen LogP contribution in [0, 0.1) is 6.92 Å². The topological polar surface area (TPSA) is 106 Å². The number of pyridine rings is 2. The molecule has 1 N–H and O–H groups in total. The number of aryl methyl sites for hydroxylation is 2. The molecule has 3 atom stereocenters. The molecule has 0 saturated carbocycles. The number of amides is 1. The monoisotopic (exact) mass is 750 g/mol. The van der Waals surface area contributed by atoms with E-state index in [2.05, 4.69) is 26.6 Å². The predicted molar refractivity (Wildman–Crippen MR) is 198 cm³/mol. The Labute approximate surface area is 312 Å². The molecule has 2 aliphatic carbocycles. The molecule has 4 aromatic heterocycles. The fourth-order valence-electron chi connectivity index (χ4n) is 9.00. The zero-order valence-corrected chi connectivity index (χ0v) is 30.5. The van der Waals surface area contributed by atoms with Gasteiger partial charge in [0.25, 0.3) is 11.8 Å². The number of anilines is 1. The second-order valence-corrected chi connectivity index (χ2v) is 15.9. The Morgan fingerprint density at radius 3 is 2.81 bits per heavy atom. The number of halogens is 3. The first-order valence-electron chi connectivity index (χ1n) is 17.8. The lowest BCUT2D eigenvalue weighted by Crippen LogP contribution is -2.28. The summed E-state index contributed by atoms with van der Waals surface area (Å²) in [6, 6.07) is 13.7. The lowest BCUT2D eigenvalue weighted by atomic mass is 9.89. The number of nitrogens with zero attached hydrogens (tertiary/aromatic N) is 5. The first-order valence-corrected chi connectivity index (χ1v) is 19.0. The molecule has 1 amide bonds. The van der Waals surface area contributed by atoms with Crippen LogP contribution in [0.3, 0.4) is 0 Å². The van der Waals surface area contributed by atoms with E-state index in [1.54, 1.807) is 31.3 Å². The number of alkyl halides is 2. The highest BCUT2D eigenvalue weighted by atomic mass is 35.5. The summed E-state index contributed by atoms with van der Waals surface area (Å²) in [5.41, 5.74) is 6.90. The van der Waals surface area contributed by atoms with E-state index in [4.69, 9.17) is 25.7 Å². The maximum atomic E-state index is 15.7. The van der Waals surface area contributed by atoms with Crippen LogP contribution in [0.1, 0.15) is 87.2 Å². The van der Waals surface area contributed by atoms with Crippen molar-refractivity contribution in [3.05, 3.63) is 105 Å². The second-order valence-electron chi connectivity index (χ2n) is 14.4. The number of fused-ring (bicyclic) bond motifs is 6. The summed E-state index contributed by atoms with van der Waals surface area (Å²) in [5, 5.41) is 13.3. The Morgan fingerprint density at radius 1 is 1.09 bits per heavy atom. The van der Waals surface area contributed by atoms with Gasteiger partial charge in [-0.2, -0.15) is 0 Å². The third-order valence-electron chi connectivity index (χ3n) is 11.3. The van der Waals surface area contributed by atoms with Gasteiger partial charge in [0.2, 0.25) is 11.8 Å². The number of carbonyl (C=O) groups excluding carboxylic acids is 1. The Balaban J connectivity index is 1.15. The van der Waals surface area contributed by atoms with Crippen LogP contribution in [0.2, 0.25) is 5.02 Å². The third kappa shape index (κ3) is 5.09. The number of hydrogen-bond acceptors (Lipinski definition) is 9. The second kappa shape index (κ2) is 12.0. The number of hydrogen-bond donors (Lipinski definition) is 1. The number of ether oxygens (including phenoxy) is 1. The van der Waals surface area contributed by atoms with Crippen LogP contribution in [-0.4, -0.2) is 50.5 Å². The van der Waals surface area contributed by atoms with E-state index in [9.17, 15) is 4.79 Å². The van der Waals surface area contributed by atoms with Gasteiger partial charge in [0.1, 0.15) is 17.6 Å². The van der Waals surface area contributed by atoms with Crippen molar-refractivity contribution in [1.82, 2.24) is 25.1 Å². The molecule has 13 heteroatoms. The fourth-order valence-corrected chi connectivity index (χ4v) is 10.4. The number of rotatable bonds is 7.